The Bertz CT molecular complexity index is 599. The Morgan fingerprint density at radius 2 is 1.54 bits per heavy atom. The summed E-state index contributed by atoms with van der Waals surface area (Å²) in [6.07, 6.45) is 3.88. The Balaban J connectivity index is 1.89. The van der Waals surface area contributed by atoms with Crippen LogP contribution in [0.5, 0.6) is 5.75 Å². The lowest BCUT2D eigenvalue weighted by Crippen LogP contribution is -2.18. The van der Waals surface area contributed by atoms with Crippen molar-refractivity contribution >= 4 is 5.97 Å². The number of rotatable bonds is 9. The van der Waals surface area contributed by atoms with Crippen LogP contribution in [0.2, 0.25) is 0 Å². The SMILES string of the molecule is CCCC(CCC)OC(=O)c1ccc(OCc2ccccc2)cc1. The highest BCUT2D eigenvalue weighted by atomic mass is 16.5. The minimum atomic E-state index is -0.253. The summed E-state index contributed by atoms with van der Waals surface area (Å²) >= 11 is 0. The van der Waals surface area contributed by atoms with Crippen LogP contribution < -0.4 is 4.74 Å². The second kappa shape index (κ2) is 9.76. The summed E-state index contributed by atoms with van der Waals surface area (Å²) in [7, 11) is 0. The molecule has 0 saturated carbocycles. The van der Waals surface area contributed by atoms with E-state index in [0.29, 0.717) is 12.2 Å². The second-order valence-electron chi connectivity index (χ2n) is 5.90. The van der Waals surface area contributed by atoms with Gasteiger partial charge in [-0.15, -0.1) is 0 Å². The maximum atomic E-state index is 12.2. The van der Waals surface area contributed by atoms with Gasteiger partial charge in [0, 0.05) is 0 Å². The van der Waals surface area contributed by atoms with E-state index in [1.165, 1.54) is 0 Å². The van der Waals surface area contributed by atoms with Gasteiger partial charge in [-0.05, 0) is 42.7 Å². The predicted molar refractivity (Wildman–Crippen MR) is 96.2 cm³/mol. The fraction of sp³-hybridized carbons (Fsp3) is 0.381. The van der Waals surface area contributed by atoms with Crippen LogP contribution in [0, 0.1) is 0 Å². The van der Waals surface area contributed by atoms with Crippen molar-refractivity contribution in [3.8, 4) is 5.75 Å². The molecule has 3 nitrogen and oxygen atoms in total. The van der Waals surface area contributed by atoms with E-state index in [4.69, 9.17) is 9.47 Å². The van der Waals surface area contributed by atoms with E-state index in [2.05, 4.69) is 13.8 Å². The summed E-state index contributed by atoms with van der Waals surface area (Å²) in [6, 6.07) is 17.1. The predicted octanol–water partition coefficient (Wildman–Crippen LogP) is 5.39. The quantitative estimate of drug-likeness (QED) is 0.579. The molecule has 128 valence electrons. The highest BCUT2D eigenvalue weighted by Gasteiger charge is 2.14. The van der Waals surface area contributed by atoms with E-state index in [9.17, 15) is 4.79 Å². The van der Waals surface area contributed by atoms with Crippen molar-refractivity contribution in [2.24, 2.45) is 0 Å². The summed E-state index contributed by atoms with van der Waals surface area (Å²) in [4.78, 5) is 12.2. The monoisotopic (exact) mass is 326 g/mol. The normalized spacial score (nSPS) is 10.6. The van der Waals surface area contributed by atoms with Gasteiger partial charge in [0.2, 0.25) is 0 Å². The van der Waals surface area contributed by atoms with Gasteiger partial charge in [0.1, 0.15) is 18.5 Å². The van der Waals surface area contributed by atoms with Gasteiger partial charge in [0.15, 0.2) is 0 Å². The summed E-state index contributed by atoms with van der Waals surface area (Å²) < 4.78 is 11.3. The highest BCUT2D eigenvalue weighted by Crippen LogP contribution is 2.17. The molecule has 0 aliphatic rings. The van der Waals surface area contributed by atoms with Crippen molar-refractivity contribution < 1.29 is 14.3 Å². The van der Waals surface area contributed by atoms with Crippen LogP contribution in [0.15, 0.2) is 54.6 Å². The molecule has 0 saturated heterocycles. The number of carbonyl (C=O) groups is 1. The van der Waals surface area contributed by atoms with E-state index in [-0.39, 0.29) is 12.1 Å². The Kier molecular flexibility index (Phi) is 7.34. The Morgan fingerprint density at radius 1 is 0.917 bits per heavy atom. The first kappa shape index (κ1) is 18.1. The van der Waals surface area contributed by atoms with Crippen LogP contribution in [0.1, 0.15) is 55.5 Å². The average Bonchev–Trinajstić information content (AvgIpc) is 2.62. The van der Waals surface area contributed by atoms with E-state index >= 15 is 0 Å². The Hall–Kier alpha value is -2.29. The first-order valence-corrected chi connectivity index (χ1v) is 8.70. The number of benzene rings is 2. The van der Waals surface area contributed by atoms with Crippen LogP contribution in [-0.2, 0) is 11.3 Å². The molecule has 0 aliphatic heterocycles. The van der Waals surface area contributed by atoms with Gasteiger partial charge in [-0.3, -0.25) is 0 Å². The molecule has 2 aromatic carbocycles. The van der Waals surface area contributed by atoms with Gasteiger partial charge in [-0.2, -0.15) is 0 Å². The second-order valence-corrected chi connectivity index (χ2v) is 5.90. The molecule has 0 fully saturated rings. The maximum absolute atomic E-state index is 12.2. The van der Waals surface area contributed by atoms with E-state index in [1.807, 2.05) is 42.5 Å². The smallest absolute Gasteiger partial charge is 0.338 e. The number of hydrogen-bond donors (Lipinski definition) is 0. The Labute approximate surface area is 144 Å². The lowest BCUT2D eigenvalue weighted by Gasteiger charge is -2.16. The molecule has 0 radical (unpaired) electrons. The third-order valence-corrected chi connectivity index (χ3v) is 3.83. The van der Waals surface area contributed by atoms with Gasteiger partial charge >= 0.3 is 5.97 Å². The third kappa shape index (κ3) is 5.73. The van der Waals surface area contributed by atoms with Crippen LogP contribution in [0.4, 0.5) is 0 Å². The summed E-state index contributed by atoms with van der Waals surface area (Å²) in [6.45, 7) is 4.73. The van der Waals surface area contributed by atoms with E-state index in [1.54, 1.807) is 12.1 Å². The van der Waals surface area contributed by atoms with E-state index in [0.717, 1.165) is 37.0 Å². The minimum Gasteiger partial charge on any atom is -0.489 e. The van der Waals surface area contributed by atoms with Crippen molar-refractivity contribution in [3.63, 3.8) is 0 Å². The molecule has 0 atom stereocenters. The number of carbonyl (C=O) groups excluding carboxylic acids is 1. The molecule has 0 spiro atoms. The summed E-state index contributed by atoms with van der Waals surface area (Å²) in [5.74, 6) is 0.491. The first-order chi connectivity index (χ1) is 11.7. The number of ether oxygens (including phenoxy) is 2. The molecule has 2 aromatic rings. The van der Waals surface area contributed by atoms with Crippen molar-refractivity contribution in [2.45, 2.75) is 52.2 Å². The first-order valence-electron chi connectivity index (χ1n) is 8.70. The third-order valence-electron chi connectivity index (χ3n) is 3.83. The molecule has 0 bridgehead atoms. The molecule has 0 aliphatic carbocycles. The van der Waals surface area contributed by atoms with Crippen LogP contribution in [0.3, 0.4) is 0 Å². The van der Waals surface area contributed by atoms with Gasteiger partial charge in [-0.25, -0.2) is 4.79 Å². The summed E-state index contributed by atoms with van der Waals surface area (Å²) in [5, 5.41) is 0. The maximum Gasteiger partial charge on any atom is 0.338 e. The van der Waals surface area contributed by atoms with Crippen LogP contribution in [0.25, 0.3) is 0 Å². The lowest BCUT2D eigenvalue weighted by atomic mass is 10.1. The Morgan fingerprint density at radius 3 is 2.12 bits per heavy atom. The van der Waals surface area contributed by atoms with Gasteiger partial charge in [-0.1, -0.05) is 57.0 Å². The van der Waals surface area contributed by atoms with Crippen molar-refractivity contribution in [2.75, 3.05) is 0 Å². The zero-order chi connectivity index (χ0) is 17.2. The molecule has 0 aromatic heterocycles. The van der Waals surface area contributed by atoms with Crippen molar-refractivity contribution in [3.05, 3.63) is 65.7 Å². The number of hydrogen-bond acceptors (Lipinski definition) is 3. The van der Waals surface area contributed by atoms with Gasteiger partial charge < -0.3 is 9.47 Å². The molecular formula is C21H26O3. The fourth-order valence-electron chi connectivity index (χ4n) is 2.55. The van der Waals surface area contributed by atoms with Crippen molar-refractivity contribution in [1.82, 2.24) is 0 Å². The molecule has 24 heavy (non-hydrogen) atoms. The number of esters is 1. The van der Waals surface area contributed by atoms with E-state index < -0.39 is 0 Å². The zero-order valence-corrected chi connectivity index (χ0v) is 14.5. The lowest BCUT2D eigenvalue weighted by molar-refractivity contribution is 0.0258. The molecule has 0 heterocycles. The van der Waals surface area contributed by atoms with Crippen LogP contribution >= 0.6 is 0 Å². The summed E-state index contributed by atoms with van der Waals surface area (Å²) in [5.41, 5.74) is 1.68. The minimum absolute atomic E-state index is 0.0153. The molecule has 3 heteroatoms. The molecule has 0 amide bonds. The zero-order valence-electron chi connectivity index (χ0n) is 14.5. The van der Waals surface area contributed by atoms with Gasteiger partial charge in [0.05, 0.1) is 5.56 Å². The molecular weight excluding hydrogens is 300 g/mol. The van der Waals surface area contributed by atoms with Crippen LogP contribution in [-0.4, -0.2) is 12.1 Å². The largest absolute Gasteiger partial charge is 0.489 e. The fourth-order valence-corrected chi connectivity index (χ4v) is 2.55. The van der Waals surface area contributed by atoms with Gasteiger partial charge in [0.25, 0.3) is 0 Å². The average molecular weight is 326 g/mol. The molecule has 0 N–H and O–H groups in total. The van der Waals surface area contributed by atoms with Crippen molar-refractivity contribution in [1.29, 1.82) is 0 Å². The topological polar surface area (TPSA) is 35.5 Å². The standard InChI is InChI=1S/C21H26O3/c1-3-8-20(9-4-2)24-21(22)18-12-14-19(15-13-18)23-16-17-10-6-5-7-11-17/h5-7,10-15,20H,3-4,8-9,16H2,1-2H3. The molecule has 0 unspecified atom stereocenters. The highest BCUT2D eigenvalue weighted by molar-refractivity contribution is 5.89. The molecule has 2 rings (SSSR count).